The van der Waals surface area contributed by atoms with Crippen LogP contribution < -0.4 is 0 Å². The highest BCUT2D eigenvalue weighted by molar-refractivity contribution is 6.19. The van der Waals surface area contributed by atoms with E-state index in [0.29, 0.717) is 5.92 Å². The number of aromatic nitrogens is 1. The minimum atomic E-state index is 0.331. The van der Waals surface area contributed by atoms with Gasteiger partial charge in [0.05, 0.1) is 11.0 Å². The molecular formula is C44H29N. The number of hydrogen-bond acceptors (Lipinski definition) is 0. The van der Waals surface area contributed by atoms with Gasteiger partial charge in [0, 0.05) is 22.4 Å². The third-order valence-corrected chi connectivity index (χ3v) is 10.1. The molecule has 1 nitrogen and oxygen atoms in total. The molecule has 1 aliphatic carbocycles. The number of fused-ring (bicyclic) bond motifs is 8. The fraction of sp³-hybridized carbons (Fsp3) is 0.0455. The lowest BCUT2D eigenvalue weighted by Gasteiger charge is -2.23. The average Bonchev–Trinajstić information content (AvgIpc) is 3.60. The van der Waals surface area contributed by atoms with Crippen LogP contribution in [-0.4, -0.2) is 4.57 Å². The molecule has 1 unspecified atom stereocenters. The van der Waals surface area contributed by atoms with E-state index in [9.17, 15) is 0 Å². The third-order valence-electron chi connectivity index (χ3n) is 10.1. The number of allylic oxidation sites excluding steroid dienone is 1. The summed E-state index contributed by atoms with van der Waals surface area (Å²) in [5, 5.41) is 5.24. The highest BCUT2D eigenvalue weighted by Crippen LogP contribution is 2.52. The van der Waals surface area contributed by atoms with Crippen molar-refractivity contribution in [3.05, 3.63) is 168 Å². The van der Waals surface area contributed by atoms with Crippen molar-refractivity contribution in [2.75, 3.05) is 0 Å². The van der Waals surface area contributed by atoms with Crippen LogP contribution in [-0.2, 0) is 6.42 Å². The van der Waals surface area contributed by atoms with Crippen molar-refractivity contribution in [3.8, 4) is 33.4 Å². The van der Waals surface area contributed by atoms with E-state index in [1.165, 1.54) is 88.3 Å². The smallest absolute Gasteiger partial charge is 0.0577 e. The summed E-state index contributed by atoms with van der Waals surface area (Å²) in [6, 6.07) is 56.1. The van der Waals surface area contributed by atoms with E-state index < -0.39 is 0 Å². The van der Waals surface area contributed by atoms with Gasteiger partial charge in [-0.05, 0) is 104 Å². The summed E-state index contributed by atoms with van der Waals surface area (Å²) in [6.45, 7) is 0. The van der Waals surface area contributed by atoms with Crippen LogP contribution in [0.2, 0.25) is 0 Å². The summed E-state index contributed by atoms with van der Waals surface area (Å²) in [6.07, 6.45) is 3.47. The average molecular weight is 572 g/mol. The minimum Gasteiger partial charge on any atom is -0.312 e. The Balaban J connectivity index is 1.28. The monoisotopic (exact) mass is 571 g/mol. The number of rotatable bonds is 3. The molecule has 2 heterocycles. The van der Waals surface area contributed by atoms with E-state index in [2.05, 4.69) is 162 Å². The molecule has 10 rings (SSSR count). The van der Waals surface area contributed by atoms with E-state index in [4.69, 9.17) is 0 Å². The Morgan fingerprint density at radius 3 is 2.02 bits per heavy atom. The fourth-order valence-corrected chi connectivity index (χ4v) is 7.95. The highest BCUT2D eigenvalue weighted by Gasteiger charge is 2.35. The lowest BCUT2D eigenvalue weighted by Crippen LogP contribution is -2.09. The molecular weight excluding hydrogens is 542 g/mol. The SMILES string of the molecule is C1=C2C(Cc3ccccc31)c1cc(-c3ccc(-c4ccccc4)cc3-c3ccccc3)cc3c4cc5ccccc5cc4n2c13. The Morgan fingerprint density at radius 1 is 0.489 bits per heavy atom. The van der Waals surface area contributed by atoms with Gasteiger partial charge in [0.2, 0.25) is 0 Å². The van der Waals surface area contributed by atoms with Gasteiger partial charge in [0.25, 0.3) is 0 Å². The topological polar surface area (TPSA) is 4.93 Å². The molecule has 1 aliphatic heterocycles. The van der Waals surface area contributed by atoms with Crippen molar-refractivity contribution < 1.29 is 0 Å². The lowest BCUT2D eigenvalue weighted by atomic mass is 9.82. The zero-order chi connectivity index (χ0) is 29.5. The predicted molar refractivity (Wildman–Crippen MR) is 190 cm³/mol. The fourth-order valence-electron chi connectivity index (χ4n) is 7.95. The molecule has 0 saturated heterocycles. The van der Waals surface area contributed by atoms with Gasteiger partial charge in [0.1, 0.15) is 0 Å². The zero-order valence-electron chi connectivity index (χ0n) is 24.7. The van der Waals surface area contributed by atoms with Crippen LogP contribution in [0.4, 0.5) is 0 Å². The van der Waals surface area contributed by atoms with Crippen LogP contribution >= 0.6 is 0 Å². The Kier molecular flexibility index (Phi) is 5.18. The minimum absolute atomic E-state index is 0.331. The lowest BCUT2D eigenvalue weighted by molar-refractivity contribution is 0.846. The summed E-state index contributed by atoms with van der Waals surface area (Å²) in [5.41, 5.74) is 15.8. The molecule has 2 aliphatic rings. The van der Waals surface area contributed by atoms with Crippen molar-refractivity contribution in [2.24, 2.45) is 0 Å². The van der Waals surface area contributed by atoms with Gasteiger partial charge in [-0.2, -0.15) is 0 Å². The van der Waals surface area contributed by atoms with Gasteiger partial charge in [-0.25, -0.2) is 0 Å². The zero-order valence-corrected chi connectivity index (χ0v) is 24.7. The summed E-state index contributed by atoms with van der Waals surface area (Å²) < 4.78 is 2.58. The predicted octanol–water partition coefficient (Wildman–Crippen LogP) is 11.6. The Hall–Kier alpha value is -5.66. The summed E-state index contributed by atoms with van der Waals surface area (Å²) >= 11 is 0. The van der Waals surface area contributed by atoms with Crippen LogP contribution in [0.5, 0.6) is 0 Å². The first-order valence-electron chi connectivity index (χ1n) is 15.9. The van der Waals surface area contributed by atoms with Gasteiger partial charge in [-0.1, -0.05) is 121 Å². The molecule has 7 aromatic carbocycles. The second-order valence-corrected chi connectivity index (χ2v) is 12.5. The number of benzene rings is 7. The Morgan fingerprint density at radius 2 is 1.20 bits per heavy atom. The van der Waals surface area contributed by atoms with Crippen LogP contribution in [0.15, 0.2) is 152 Å². The first kappa shape index (κ1) is 24.7. The molecule has 0 bridgehead atoms. The molecule has 8 aromatic rings. The van der Waals surface area contributed by atoms with Crippen molar-refractivity contribution >= 4 is 44.4 Å². The first-order valence-corrected chi connectivity index (χ1v) is 15.9. The molecule has 0 saturated carbocycles. The molecule has 0 fully saturated rings. The molecule has 0 N–H and O–H groups in total. The van der Waals surface area contributed by atoms with Crippen LogP contribution in [0.3, 0.4) is 0 Å². The van der Waals surface area contributed by atoms with Crippen LogP contribution in [0.1, 0.15) is 22.6 Å². The summed E-state index contributed by atoms with van der Waals surface area (Å²) in [7, 11) is 0. The van der Waals surface area contributed by atoms with Gasteiger partial charge in [-0.3, -0.25) is 0 Å². The molecule has 1 aromatic heterocycles. The second-order valence-electron chi connectivity index (χ2n) is 12.5. The van der Waals surface area contributed by atoms with E-state index in [1.807, 2.05) is 0 Å². The number of nitrogens with zero attached hydrogens (tertiary/aromatic N) is 1. The standard InChI is InChI=1S/C44H29N/c1-3-11-28(12-4-1)34-19-20-36(37(21-34)29-13-5-2-6-14-29)35-24-40-38-22-30-15-7-9-17-32(30)26-42(38)45-43-27-33-18-10-8-16-31(33)23-39(43)41(25-35)44(40)45/h1-22,24-27,39H,23H2. The van der Waals surface area contributed by atoms with E-state index >= 15 is 0 Å². The number of hydrogen-bond donors (Lipinski definition) is 0. The second kappa shape index (κ2) is 9.42. The molecule has 1 heteroatoms. The maximum atomic E-state index is 2.58. The van der Waals surface area contributed by atoms with Gasteiger partial charge in [-0.15, -0.1) is 0 Å². The largest absolute Gasteiger partial charge is 0.312 e. The molecule has 0 radical (unpaired) electrons. The van der Waals surface area contributed by atoms with E-state index in [-0.39, 0.29) is 0 Å². The van der Waals surface area contributed by atoms with Crippen molar-refractivity contribution in [1.29, 1.82) is 0 Å². The molecule has 0 spiro atoms. The van der Waals surface area contributed by atoms with Crippen molar-refractivity contribution in [3.63, 3.8) is 0 Å². The Labute approximate surface area is 262 Å². The van der Waals surface area contributed by atoms with Crippen LogP contribution in [0, 0.1) is 0 Å². The quantitative estimate of drug-likeness (QED) is 0.199. The van der Waals surface area contributed by atoms with E-state index in [1.54, 1.807) is 0 Å². The molecule has 0 amide bonds. The normalized spacial score (nSPS) is 14.9. The van der Waals surface area contributed by atoms with Crippen LogP contribution in [0.25, 0.3) is 77.7 Å². The molecule has 1 atom stereocenters. The summed E-state index contributed by atoms with van der Waals surface area (Å²) in [5.74, 6) is 0.331. The van der Waals surface area contributed by atoms with Gasteiger partial charge >= 0.3 is 0 Å². The maximum Gasteiger partial charge on any atom is 0.0577 e. The Bertz CT molecular complexity index is 2500. The molecule has 45 heavy (non-hydrogen) atoms. The van der Waals surface area contributed by atoms with Crippen molar-refractivity contribution in [1.82, 2.24) is 4.57 Å². The third kappa shape index (κ3) is 3.68. The summed E-state index contributed by atoms with van der Waals surface area (Å²) in [4.78, 5) is 0. The van der Waals surface area contributed by atoms with E-state index in [0.717, 1.165) is 6.42 Å². The molecule has 210 valence electrons. The van der Waals surface area contributed by atoms with Gasteiger partial charge in [0.15, 0.2) is 0 Å². The van der Waals surface area contributed by atoms with Crippen molar-refractivity contribution in [2.45, 2.75) is 12.3 Å². The maximum absolute atomic E-state index is 2.58. The highest BCUT2D eigenvalue weighted by atomic mass is 15.0. The van der Waals surface area contributed by atoms with Gasteiger partial charge < -0.3 is 4.57 Å². The first-order chi connectivity index (χ1) is 22.3.